The van der Waals surface area contributed by atoms with Crippen LogP contribution < -0.4 is 5.32 Å². The van der Waals surface area contributed by atoms with E-state index in [9.17, 15) is 13.2 Å². The highest BCUT2D eigenvalue weighted by Crippen LogP contribution is 2.26. The molecule has 0 radical (unpaired) electrons. The Bertz CT molecular complexity index is 821. The van der Waals surface area contributed by atoms with Gasteiger partial charge in [-0.2, -0.15) is 4.31 Å². The Balaban J connectivity index is 2.38. The molecule has 8 heteroatoms. The van der Waals surface area contributed by atoms with Gasteiger partial charge in [-0.1, -0.05) is 53.5 Å². The third-order valence-corrected chi connectivity index (χ3v) is 5.07. The fourth-order valence-corrected chi connectivity index (χ4v) is 3.32. The van der Waals surface area contributed by atoms with Gasteiger partial charge in [-0.3, -0.25) is 4.79 Å². The first-order valence-electron chi connectivity index (χ1n) is 6.93. The van der Waals surface area contributed by atoms with Gasteiger partial charge in [0, 0.05) is 22.8 Å². The molecule has 1 unspecified atom stereocenters. The minimum absolute atomic E-state index is 0.366. The quantitative estimate of drug-likeness (QED) is 0.853. The summed E-state index contributed by atoms with van der Waals surface area (Å²) in [5, 5.41) is 3.39. The Hall–Kier alpha value is -1.60. The van der Waals surface area contributed by atoms with Crippen molar-refractivity contribution in [3.63, 3.8) is 0 Å². The topological polar surface area (TPSA) is 66.5 Å². The molecule has 0 heterocycles. The highest BCUT2D eigenvalue weighted by Gasteiger charge is 2.30. The molecule has 0 saturated carbocycles. The lowest BCUT2D eigenvalue weighted by molar-refractivity contribution is -0.119. The molecule has 0 bridgehead atoms. The second-order valence-corrected chi connectivity index (χ2v) is 8.15. The number of hydrogen-bond donors (Lipinski definition) is 1. The largest absolute Gasteiger partial charge is 0.324 e. The molecular formula is C16H16Cl2N2O3S. The van der Waals surface area contributed by atoms with Crippen LogP contribution in [0.4, 0.5) is 5.69 Å². The summed E-state index contributed by atoms with van der Waals surface area (Å²) in [6.07, 6.45) is 1.05. The number of amides is 1. The molecule has 2 aromatic rings. The van der Waals surface area contributed by atoms with Crippen molar-refractivity contribution in [2.24, 2.45) is 0 Å². The van der Waals surface area contributed by atoms with Gasteiger partial charge >= 0.3 is 0 Å². The smallest absolute Gasteiger partial charge is 0.247 e. The summed E-state index contributed by atoms with van der Waals surface area (Å²) >= 11 is 11.8. The molecule has 0 spiro atoms. The Morgan fingerprint density at radius 2 is 1.62 bits per heavy atom. The van der Waals surface area contributed by atoms with E-state index in [1.807, 2.05) is 0 Å². The lowest BCUT2D eigenvalue weighted by atomic mass is 10.1. The fraction of sp³-hybridized carbons (Fsp3) is 0.188. The van der Waals surface area contributed by atoms with Gasteiger partial charge in [0.2, 0.25) is 15.9 Å². The summed E-state index contributed by atoms with van der Waals surface area (Å²) in [6, 6.07) is 12.2. The van der Waals surface area contributed by atoms with Gasteiger partial charge in [-0.05, 0) is 23.8 Å². The number of sulfonamides is 1. The number of likely N-dealkylation sites (N-methyl/N-ethyl adjacent to an activating group) is 1. The number of rotatable bonds is 5. The highest BCUT2D eigenvalue weighted by molar-refractivity contribution is 7.88. The van der Waals surface area contributed by atoms with E-state index in [2.05, 4.69) is 5.32 Å². The van der Waals surface area contributed by atoms with Crippen LogP contribution in [0.5, 0.6) is 0 Å². The summed E-state index contributed by atoms with van der Waals surface area (Å²) in [4.78, 5) is 12.7. The zero-order valence-corrected chi connectivity index (χ0v) is 15.4. The number of nitrogens with one attached hydrogen (secondary N) is 1. The maximum atomic E-state index is 12.7. The van der Waals surface area contributed by atoms with E-state index in [4.69, 9.17) is 23.2 Å². The average molecular weight is 387 g/mol. The fourth-order valence-electron chi connectivity index (χ4n) is 2.19. The van der Waals surface area contributed by atoms with Crippen LogP contribution in [0.15, 0.2) is 48.5 Å². The van der Waals surface area contributed by atoms with E-state index >= 15 is 0 Å². The summed E-state index contributed by atoms with van der Waals surface area (Å²) in [5.74, 6) is -0.507. The van der Waals surface area contributed by atoms with Gasteiger partial charge in [0.05, 0.1) is 6.26 Å². The minimum Gasteiger partial charge on any atom is -0.324 e. The van der Waals surface area contributed by atoms with Crippen LogP contribution in [0.2, 0.25) is 10.0 Å². The molecule has 5 nitrogen and oxygen atoms in total. The molecule has 2 rings (SSSR count). The van der Waals surface area contributed by atoms with Crippen molar-refractivity contribution in [2.75, 3.05) is 18.6 Å². The maximum absolute atomic E-state index is 12.7. The van der Waals surface area contributed by atoms with Crippen molar-refractivity contribution < 1.29 is 13.2 Å². The van der Waals surface area contributed by atoms with Crippen LogP contribution in [0, 0.1) is 0 Å². The summed E-state index contributed by atoms with van der Waals surface area (Å²) < 4.78 is 24.8. The first kappa shape index (κ1) is 18.7. The van der Waals surface area contributed by atoms with E-state index in [0.29, 0.717) is 21.3 Å². The lowest BCUT2D eigenvalue weighted by Gasteiger charge is -2.25. The molecule has 128 valence electrons. The predicted octanol–water partition coefficient (Wildman–Crippen LogP) is 3.56. The molecule has 0 fully saturated rings. The van der Waals surface area contributed by atoms with Crippen LogP contribution in [0.3, 0.4) is 0 Å². The summed E-state index contributed by atoms with van der Waals surface area (Å²) in [5.41, 5.74) is 0.941. The van der Waals surface area contributed by atoms with Crippen molar-refractivity contribution >= 4 is 44.8 Å². The van der Waals surface area contributed by atoms with Crippen molar-refractivity contribution in [1.82, 2.24) is 4.31 Å². The number of hydrogen-bond acceptors (Lipinski definition) is 3. The van der Waals surface area contributed by atoms with Gasteiger partial charge in [0.1, 0.15) is 6.04 Å². The normalized spacial score (nSPS) is 12.9. The SMILES string of the molecule is CN(C(C(=O)Nc1cc(Cl)cc(Cl)c1)c1ccccc1)S(C)(=O)=O. The number of benzene rings is 2. The summed E-state index contributed by atoms with van der Waals surface area (Å²) in [6.45, 7) is 0. The van der Waals surface area contributed by atoms with Crippen molar-refractivity contribution in [3.8, 4) is 0 Å². The molecule has 0 aliphatic carbocycles. The third-order valence-electron chi connectivity index (χ3n) is 3.38. The second-order valence-electron chi connectivity index (χ2n) is 5.24. The van der Waals surface area contributed by atoms with Gasteiger partial charge in [-0.25, -0.2) is 8.42 Å². The molecule has 1 amide bonds. The van der Waals surface area contributed by atoms with Gasteiger partial charge in [0.15, 0.2) is 0 Å². The molecule has 2 aromatic carbocycles. The van der Waals surface area contributed by atoms with Gasteiger partial charge < -0.3 is 5.32 Å². The number of halogens is 2. The number of carbonyl (C=O) groups excluding carboxylic acids is 1. The standard InChI is InChI=1S/C16H16Cl2N2O3S/c1-20(24(2,22)23)15(11-6-4-3-5-7-11)16(21)19-14-9-12(17)8-13(18)10-14/h3-10,15H,1-2H3,(H,19,21). The first-order valence-corrected chi connectivity index (χ1v) is 9.54. The zero-order valence-electron chi connectivity index (χ0n) is 13.0. The molecule has 0 aliphatic heterocycles. The Morgan fingerprint density at radius 3 is 2.12 bits per heavy atom. The molecule has 1 atom stereocenters. The number of carbonyl (C=O) groups is 1. The molecular weight excluding hydrogens is 371 g/mol. The van der Waals surface area contributed by atoms with E-state index in [0.717, 1.165) is 10.6 Å². The predicted molar refractivity (Wildman–Crippen MR) is 96.9 cm³/mol. The Kier molecular flexibility index (Phi) is 5.87. The maximum Gasteiger partial charge on any atom is 0.247 e. The van der Waals surface area contributed by atoms with E-state index in [1.54, 1.807) is 30.3 Å². The molecule has 24 heavy (non-hydrogen) atoms. The van der Waals surface area contributed by atoms with E-state index in [-0.39, 0.29) is 0 Å². The van der Waals surface area contributed by atoms with Crippen molar-refractivity contribution in [2.45, 2.75) is 6.04 Å². The van der Waals surface area contributed by atoms with Crippen LogP contribution in [-0.2, 0) is 14.8 Å². The molecule has 0 saturated heterocycles. The van der Waals surface area contributed by atoms with Crippen LogP contribution in [0.1, 0.15) is 11.6 Å². The highest BCUT2D eigenvalue weighted by atomic mass is 35.5. The first-order chi connectivity index (χ1) is 11.2. The Labute approximate surface area is 151 Å². The van der Waals surface area contributed by atoms with Crippen LogP contribution in [0.25, 0.3) is 0 Å². The van der Waals surface area contributed by atoms with Gasteiger partial charge in [-0.15, -0.1) is 0 Å². The number of anilines is 1. The Morgan fingerprint density at radius 1 is 1.08 bits per heavy atom. The summed E-state index contributed by atoms with van der Waals surface area (Å²) in [7, 11) is -2.22. The second kappa shape index (κ2) is 7.53. The van der Waals surface area contributed by atoms with E-state index in [1.165, 1.54) is 25.2 Å². The molecule has 0 aromatic heterocycles. The van der Waals surface area contributed by atoms with Crippen LogP contribution >= 0.6 is 23.2 Å². The monoisotopic (exact) mass is 386 g/mol. The third kappa shape index (κ3) is 4.70. The minimum atomic E-state index is -3.58. The molecule has 0 aliphatic rings. The van der Waals surface area contributed by atoms with Crippen LogP contribution in [-0.4, -0.2) is 31.9 Å². The van der Waals surface area contributed by atoms with Gasteiger partial charge in [0.25, 0.3) is 0 Å². The average Bonchev–Trinajstić information content (AvgIpc) is 2.46. The lowest BCUT2D eigenvalue weighted by Crippen LogP contribution is -2.38. The molecule has 1 N–H and O–H groups in total. The van der Waals surface area contributed by atoms with Crippen molar-refractivity contribution in [1.29, 1.82) is 0 Å². The number of nitrogens with zero attached hydrogens (tertiary/aromatic N) is 1. The van der Waals surface area contributed by atoms with Crippen molar-refractivity contribution in [3.05, 3.63) is 64.1 Å². The zero-order chi connectivity index (χ0) is 17.9. The van der Waals surface area contributed by atoms with E-state index < -0.39 is 22.0 Å².